The van der Waals surface area contributed by atoms with Gasteiger partial charge in [-0.3, -0.25) is 13.9 Å². The van der Waals surface area contributed by atoms with Crippen molar-refractivity contribution < 1.29 is 0 Å². The van der Waals surface area contributed by atoms with Crippen LogP contribution in [0.1, 0.15) is 11.1 Å². The summed E-state index contributed by atoms with van der Waals surface area (Å²) < 4.78 is 4.47. The predicted molar refractivity (Wildman–Crippen MR) is 103 cm³/mol. The minimum atomic E-state index is -0.342. The highest BCUT2D eigenvalue weighted by atomic mass is 16.2. The molecule has 27 heavy (non-hydrogen) atoms. The molecule has 0 N–H and O–H groups in total. The van der Waals surface area contributed by atoms with Crippen molar-refractivity contribution in [3.8, 4) is 5.69 Å². The predicted octanol–water partition coefficient (Wildman–Crippen LogP) is 2.29. The van der Waals surface area contributed by atoms with Crippen molar-refractivity contribution in [3.05, 3.63) is 118 Å². The van der Waals surface area contributed by atoms with Crippen molar-refractivity contribution in [1.82, 2.24) is 18.7 Å². The van der Waals surface area contributed by atoms with Gasteiger partial charge in [0.1, 0.15) is 5.69 Å². The Bertz CT molecular complexity index is 1140. The third-order valence-electron chi connectivity index (χ3n) is 4.38. The Morgan fingerprint density at radius 1 is 0.815 bits per heavy atom. The Kier molecular flexibility index (Phi) is 4.53. The molecular formula is C21H18N4O2. The highest BCUT2D eigenvalue weighted by Gasteiger charge is 2.13. The molecule has 0 atom stereocenters. The largest absolute Gasteiger partial charge is 0.331 e. The Morgan fingerprint density at radius 3 is 2.04 bits per heavy atom. The summed E-state index contributed by atoms with van der Waals surface area (Å²) in [4.78, 5) is 30.0. The normalized spacial score (nSPS) is 10.8. The summed E-state index contributed by atoms with van der Waals surface area (Å²) in [5, 5.41) is 0. The average Bonchev–Trinajstić information content (AvgIpc) is 3.23. The summed E-state index contributed by atoms with van der Waals surface area (Å²) in [6.07, 6.45) is 6.45. The summed E-state index contributed by atoms with van der Waals surface area (Å²) in [5.41, 5.74) is 1.59. The first-order chi connectivity index (χ1) is 13.2. The summed E-state index contributed by atoms with van der Waals surface area (Å²) in [7, 11) is 0. The van der Waals surface area contributed by atoms with Crippen LogP contribution in [0, 0.1) is 0 Å². The Balaban J connectivity index is 1.86. The molecule has 0 radical (unpaired) electrons. The minimum Gasteiger partial charge on any atom is -0.300 e. The zero-order valence-corrected chi connectivity index (χ0v) is 14.6. The zero-order valence-electron chi connectivity index (χ0n) is 14.6. The SMILES string of the molecule is O=c1c(-n2ccnc2)cn(Cc2ccccc2)c(=O)n1Cc1ccccc1. The lowest BCUT2D eigenvalue weighted by Gasteiger charge is -2.14. The fourth-order valence-electron chi connectivity index (χ4n) is 3.02. The molecule has 4 rings (SSSR count). The van der Waals surface area contributed by atoms with E-state index in [2.05, 4.69) is 4.98 Å². The van der Waals surface area contributed by atoms with E-state index in [4.69, 9.17) is 0 Å². The van der Waals surface area contributed by atoms with E-state index in [9.17, 15) is 9.59 Å². The summed E-state index contributed by atoms with van der Waals surface area (Å²) >= 11 is 0. The molecule has 0 aliphatic heterocycles. The van der Waals surface area contributed by atoms with Crippen LogP contribution >= 0.6 is 0 Å². The van der Waals surface area contributed by atoms with Crippen LogP contribution in [-0.2, 0) is 13.1 Å². The van der Waals surface area contributed by atoms with Crippen molar-refractivity contribution in [3.63, 3.8) is 0 Å². The molecule has 134 valence electrons. The molecule has 0 aliphatic carbocycles. The van der Waals surface area contributed by atoms with E-state index in [1.165, 1.54) is 4.57 Å². The smallest absolute Gasteiger partial charge is 0.300 e. The first-order valence-corrected chi connectivity index (χ1v) is 8.63. The molecule has 0 spiro atoms. The van der Waals surface area contributed by atoms with Crippen molar-refractivity contribution in [2.75, 3.05) is 0 Å². The van der Waals surface area contributed by atoms with Gasteiger partial charge in [0.15, 0.2) is 0 Å². The lowest BCUT2D eigenvalue weighted by atomic mass is 10.2. The van der Waals surface area contributed by atoms with Gasteiger partial charge in [0.2, 0.25) is 0 Å². The number of hydrogen-bond acceptors (Lipinski definition) is 3. The molecule has 6 nitrogen and oxygen atoms in total. The molecule has 2 heterocycles. The van der Waals surface area contributed by atoms with Gasteiger partial charge < -0.3 is 4.57 Å². The van der Waals surface area contributed by atoms with Crippen LogP contribution < -0.4 is 11.2 Å². The standard InChI is InChI=1S/C21H18N4O2/c26-20-19(23-12-11-22-16-23)15-24(13-17-7-3-1-4-8-17)21(27)25(20)14-18-9-5-2-6-10-18/h1-12,15-16H,13-14H2. The van der Waals surface area contributed by atoms with Crippen molar-refractivity contribution in [1.29, 1.82) is 0 Å². The van der Waals surface area contributed by atoms with E-state index >= 15 is 0 Å². The number of nitrogens with zero attached hydrogens (tertiary/aromatic N) is 4. The summed E-state index contributed by atoms with van der Waals surface area (Å²) in [6, 6.07) is 19.2. The molecule has 6 heteroatoms. The van der Waals surface area contributed by atoms with Crippen LogP contribution in [0.25, 0.3) is 5.69 Å². The van der Waals surface area contributed by atoms with E-state index in [0.29, 0.717) is 12.2 Å². The second kappa shape index (κ2) is 7.29. The molecule has 0 amide bonds. The van der Waals surface area contributed by atoms with E-state index in [1.807, 2.05) is 60.7 Å². The number of aromatic nitrogens is 4. The minimum absolute atomic E-state index is 0.218. The molecule has 4 aromatic rings. The molecule has 2 aromatic heterocycles. The van der Waals surface area contributed by atoms with Crippen LogP contribution in [0.15, 0.2) is 95.2 Å². The van der Waals surface area contributed by atoms with Gasteiger partial charge in [-0.1, -0.05) is 60.7 Å². The highest BCUT2D eigenvalue weighted by Crippen LogP contribution is 2.05. The van der Waals surface area contributed by atoms with Gasteiger partial charge in [-0.15, -0.1) is 0 Å². The summed E-state index contributed by atoms with van der Waals surface area (Å²) in [5.74, 6) is 0. The molecule has 0 saturated carbocycles. The third kappa shape index (κ3) is 3.50. The Morgan fingerprint density at radius 2 is 1.44 bits per heavy atom. The maximum atomic E-state index is 13.0. The van der Waals surface area contributed by atoms with Crippen LogP contribution in [-0.4, -0.2) is 18.7 Å². The Labute approximate surface area is 155 Å². The molecule has 0 unspecified atom stereocenters. The van der Waals surface area contributed by atoms with Gasteiger partial charge in [-0.05, 0) is 11.1 Å². The van der Waals surface area contributed by atoms with Gasteiger partial charge in [0.05, 0.1) is 19.4 Å². The van der Waals surface area contributed by atoms with Crippen molar-refractivity contribution in [2.45, 2.75) is 13.1 Å². The van der Waals surface area contributed by atoms with Gasteiger partial charge in [-0.25, -0.2) is 9.78 Å². The van der Waals surface area contributed by atoms with E-state index in [-0.39, 0.29) is 17.8 Å². The molecule has 0 aliphatic rings. The highest BCUT2D eigenvalue weighted by molar-refractivity contribution is 5.27. The maximum absolute atomic E-state index is 13.0. The molecule has 2 aromatic carbocycles. The lowest BCUT2D eigenvalue weighted by molar-refractivity contribution is 0.605. The first-order valence-electron chi connectivity index (χ1n) is 8.63. The second-order valence-corrected chi connectivity index (χ2v) is 6.26. The molecule has 0 fully saturated rings. The fourth-order valence-corrected chi connectivity index (χ4v) is 3.02. The fraction of sp³-hybridized carbons (Fsp3) is 0.0952. The van der Waals surface area contributed by atoms with Crippen LogP contribution in [0.4, 0.5) is 0 Å². The maximum Gasteiger partial charge on any atom is 0.331 e. The van der Waals surface area contributed by atoms with Crippen molar-refractivity contribution in [2.24, 2.45) is 0 Å². The molecule has 0 bridgehead atoms. The number of hydrogen-bond donors (Lipinski definition) is 0. The topological polar surface area (TPSA) is 61.8 Å². The lowest BCUT2D eigenvalue weighted by Crippen LogP contribution is -2.41. The van der Waals surface area contributed by atoms with Gasteiger partial charge in [-0.2, -0.15) is 0 Å². The molecular weight excluding hydrogens is 340 g/mol. The second-order valence-electron chi connectivity index (χ2n) is 6.26. The Hall–Kier alpha value is -3.67. The van der Waals surface area contributed by atoms with E-state index in [0.717, 1.165) is 11.1 Å². The number of imidazole rings is 1. The third-order valence-corrected chi connectivity index (χ3v) is 4.38. The van der Waals surface area contributed by atoms with Gasteiger partial charge >= 0.3 is 5.69 Å². The van der Waals surface area contributed by atoms with Crippen LogP contribution in [0.2, 0.25) is 0 Å². The zero-order chi connectivity index (χ0) is 18.6. The van der Waals surface area contributed by atoms with Gasteiger partial charge in [0.25, 0.3) is 5.56 Å². The van der Waals surface area contributed by atoms with Crippen molar-refractivity contribution >= 4 is 0 Å². The van der Waals surface area contributed by atoms with Gasteiger partial charge in [0, 0.05) is 18.6 Å². The monoisotopic (exact) mass is 358 g/mol. The first kappa shape index (κ1) is 16.8. The quantitative estimate of drug-likeness (QED) is 0.550. The van der Waals surface area contributed by atoms with Crippen LogP contribution in [0.5, 0.6) is 0 Å². The van der Waals surface area contributed by atoms with E-state index < -0.39 is 0 Å². The summed E-state index contributed by atoms with van der Waals surface area (Å²) in [6.45, 7) is 0.603. The average molecular weight is 358 g/mol. The number of benzene rings is 2. The van der Waals surface area contributed by atoms with E-state index in [1.54, 1.807) is 34.1 Å². The molecule has 0 saturated heterocycles. The van der Waals surface area contributed by atoms with Crippen LogP contribution in [0.3, 0.4) is 0 Å². The number of rotatable bonds is 5.